The van der Waals surface area contributed by atoms with Crippen molar-refractivity contribution in [2.75, 3.05) is 0 Å². The molecule has 46 heavy (non-hydrogen) atoms. The van der Waals surface area contributed by atoms with Crippen LogP contribution in [0.5, 0.6) is 11.5 Å². The summed E-state index contributed by atoms with van der Waals surface area (Å²) in [6, 6.07) is 28.2. The molecule has 1 aliphatic carbocycles. The summed E-state index contributed by atoms with van der Waals surface area (Å²) in [5, 5.41) is 13.2. The molecule has 1 aliphatic rings. The van der Waals surface area contributed by atoms with Gasteiger partial charge in [-0.2, -0.15) is 5.26 Å². The predicted octanol–water partition coefficient (Wildman–Crippen LogP) is 8.28. The summed E-state index contributed by atoms with van der Waals surface area (Å²) in [5.74, 6) is 0.849. The molecule has 5 aromatic rings. The maximum atomic E-state index is 14.7. The molecule has 0 saturated carbocycles. The molecule has 8 heteroatoms. The Morgan fingerprint density at radius 2 is 1.78 bits per heavy atom. The maximum Gasteiger partial charge on any atom is 0.142 e. The van der Waals surface area contributed by atoms with Crippen LogP contribution in [-0.2, 0) is 26.1 Å². The molecule has 6 nitrogen and oxygen atoms in total. The number of fused-ring (bicyclic) bond motifs is 1. The van der Waals surface area contributed by atoms with Crippen LogP contribution in [0.4, 0.5) is 4.39 Å². The van der Waals surface area contributed by atoms with Crippen LogP contribution >= 0.6 is 11.6 Å². The van der Waals surface area contributed by atoms with Gasteiger partial charge in [0.15, 0.2) is 0 Å². The molecule has 1 aromatic heterocycles. The van der Waals surface area contributed by atoms with Crippen LogP contribution in [0.15, 0.2) is 104 Å². The van der Waals surface area contributed by atoms with Crippen LogP contribution in [0, 0.1) is 17.1 Å². The third kappa shape index (κ3) is 6.89. The molecule has 0 unspecified atom stereocenters. The smallest absolute Gasteiger partial charge is 0.142 e. The van der Waals surface area contributed by atoms with Crippen LogP contribution in [-0.4, -0.2) is 4.98 Å². The summed E-state index contributed by atoms with van der Waals surface area (Å²) < 4.78 is 27.5. The fraction of sp³-hybridized carbons (Fsp3) is 0.158. The van der Waals surface area contributed by atoms with Crippen molar-refractivity contribution in [1.29, 1.82) is 5.26 Å². The Labute approximate surface area is 272 Å². The van der Waals surface area contributed by atoms with Crippen molar-refractivity contribution >= 4 is 17.3 Å². The van der Waals surface area contributed by atoms with Gasteiger partial charge < -0.3 is 20.5 Å². The van der Waals surface area contributed by atoms with Crippen LogP contribution in [0.1, 0.15) is 51.5 Å². The van der Waals surface area contributed by atoms with E-state index in [0.29, 0.717) is 46.4 Å². The Morgan fingerprint density at radius 3 is 2.57 bits per heavy atom. The molecule has 0 radical (unpaired) electrons. The Bertz CT molecular complexity index is 1940. The van der Waals surface area contributed by atoms with E-state index in [2.05, 4.69) is 22.9 Å². The quantitative estimate of drug-likeness (QED) is 0.153. The van der Waals surface area contributed by atoms with E-state index >= 15 is 0 Å². The molecule has 0 spiro atoms. The highest BCUT2D eigenvalue weighted by Gasteiger charge is 2.28. The second kappa shape index (κ2) is 13.9. The minimum absolute atomic E-state index is 0.208. The fourth-order valence-electron chi connectivity index (χ4n) is 5.73. The van der Waals surface area contributed by atoms with Crippen molar-refractivity contribution in [1.82, 2.24) is 10.3 Å². The lowest BCUT2D eigenvalue weighted by molar-refractivity contribution is 0.206. The van der Waals surface area contributed by atoms with E-state index < -0.39 is 0 Å². The van der Waals surface area contributed by atoms with E-state index in [1.54, 1.807) is 24.4 Å². The average molecular weight is 631 g/mol. The van der Waals surface area contributed by atoms with Gasteiger partial charge in [-0.3, -0.25) is 4.98 Å². The van der Waals surface area contributed by atoms with Crippen molar-refractivity contribution < 1.29 is 13.9 Å². The summed E-state index contributed by atoms with van der Waals surface area (Å²) in [7, 11) is 0. The van der Waals surface area contributed by atoms with Crippen LogP contribution < -0.4 is 20.5 Å². The van der Waals surface area contributed by atoms with Gasteiger partial charge in [-0.1, -0.05) is 78.8 Å². The first-order valence-corrected chi connectivity index (χ1v) is 15.3. The van der Waals surface area contributed by atoms with Crippen LogP contribution in [0.2, 0.25) is 5.02 Å². The van der Waals surface area contributed by atoms with Crippen molar-refractivity contribution in [3.05, 3.63) is 154 Å². The summed E-state index contributed by atoms with van der Waals surface area (Å²) in [4.78, 5) is 4.15. The van der Waals surface area contributed by atoms with E-state index in [1.807, 2.05) is 60.7 Å². The zero-order chi connectivity index (χ0) is 32.0. The molecule has 0 aliphatic heterocycles. The van der Waals surface area contributed by atoms with Gasteiger partial charge in [0.25, 0.3) is 0 Å². The standard InChI is InChI=1S/C38H32ClFN4O2/c1-24(42)28-11-9-25(10-12-28)19-44-22-29-16-34(39)38(17-37(29)45-23-27-15-26(18-41)20-43-21-27)46-36-14-13-31-30(6-4-7-33(31)36)32-5-2-3-8-35(32)40/h2-12,15-17,20-21,36,44H,1,13-14,19,22-23,42H2/t36-/m0/s1. The van der Waals surface area contributed by atoms with Crippen molar-refractivity contribution in [3.8, 4) is 28.7 Å². The molecule has 4 aromatic carbocycles. The van der Waals surface area contributed by atoms with E-state index in [-0.39, 0.29) is 18.5 Å². The molecule has 1 atom stereocenters. The van der Waals surface area contributed by atoms with Crippen molar-refractivity contribution in [2.45, 2.75) is 38.6 Å². The number of rotatable bonds is 11. The Hall–Kier alpha value is -5.16. The Kier molecular flexibility index (Phi) is 9.30. The van der Waals surface area contributed by atoms with Gasteiger partial charge in [-0.05, 0) is 58.9 Å². The van der Waals surface area contributed by atoms with Crippen LogP contribution in [0.3, 0.4) is 0 Å². The molecule has 0 fully saturated rings. The molecule has 3 N–H and O–H groups in total. The van der Waals surface area contributed by atoms with E-state index in [1.165, 1.54) is 12.3 Å². The van der Waals surface area contributed by atoms with E-state index in [0.717, 1.165) is 51.8 Å². The lowest BCUT2D eigenvalue weighted by Crippen LogP contribution is -2.14. The predicted molar refractivity (Wildman–Crippen MR) is 178 cm³/mol. The van der Waals surface area contributed by atoms with Crippen molar-refractivity contribution in [3.63, 3.8) is 0 Å². The van der Waals surface area contributed by atoms with Gasteiger partial charge in [-0.25, -0.2) is 4.39 Å². The minimum Gasteiger partial charge on any atom is -0.488 e. The number of hydrogen-bond acceptors (Lipinski definition) is 6. The largest absolute Gasteiger partial charge is 0.488 e. The molecule has 0 bridgehead atoms. The number of hydrogen-bond donors (Lipinski definition) is 2. The lowest BCUT2D eigenvalue weighted by Gasteiger charge is -2.20. The fourth-order valence-corrected chi connectivity index (χ4v) is 5.96. The molecule has 1 heterocycles. The second-order valence-corrected chi connectivity index (χ2v) is 11.6. The monoisotopic (exact) mass is 630 g/mol. The molecule has 230 valence electrons. The first-order valence-electron chi connectivity index (χ1n) is 15.0. The molecule has 6 rings (SSSR count). The van der Waals surface area contributed by atoms with Gasteiger partial charge in [-0.15, -0.1) is 0 Å². The van der Waals surface area contributed by atoms with Crippen molar-refractivity contribution in [2.24, 2.45) is 5.73 Å². The first-order chi connectivity index (χ1) is 22.4. The summed E-state index contributed by atoms with van der Waals surface area (Å²) in [5.41, 5.74) is 14.0. The normalized spacial score (nSPS) is 13.5. The number of benzene rings is 4. The third-order valence-electron chi connectivity index (χ3n) is 8.05. The number of nitrogens with one attached hydrogen (secondary N) is 1. The van der Waals surface area contributed by atoms with Gasteiger partial charge in [0, 0.05) is 53.9 Å². The zero-order valence-corrected chi connectivity index (χ0v) is 25.9. The molecular weight excluding hydrogens is 599 g/mol. The minimum atomic E-state index is -0.250. The maximum absolute atomic E-state index is 14.7. The highest BCUT2D eigenvalue weighted by atomic mass is 35.5. The lowest BCUT2D eigenvalue weighted by atomic mass is 9.96. The van der Waals surface area contributed by atoms with Gasteiger partial charge >= 0.3 is 0 Å². The topological polar surface area (TPSA) is 93.2 Å². The number of nitrogens with two attached hydrogens (primary N) is 1. The highest BCUT2D eigenvalue weighted by Crippen LogP contribution is 2.43. The van der Waals surface area contributed by atoms with Crippen LogP contribution in [0.25, 0.3) is 16.8 Å². The highest BCUT2D eigenvalue weighted by molar-refractivity contribution is 6.32. The Balaban J connectivity index is 1.24. The number of nitrogens with zero attached hydrogens (tertiary/aromatic N) is 2. The first kappa shape index (κ1) is 30.8. The summed E-state index contributed by atoms with van der Waals surface area (Å²) in [6.07, 6.45) is 4.43. The van der Waals surface area contributed by atoms with E-state index in [4.69, 9.17) is 26.8 Å². The summed E-state index contributed by atoms with van der Waals surface area (Å²) >= 11 is 6.83. The van der Waals surface area contributed by atoms with Gasteiger partial charge in [0.1, 0.15) is 36.1 Å². The molecule has 0 amide bonds. The third-order valence-corrected chi connectivity index (χ3v) is 8.35. The van der Waals surface area contributed by atoms with Gasteiger partial charge in [0.2, 0.25) is 0 Å². The Morgan fingerprint density at radius 1 is 0.978 bits per heavy atom. The van der Waals surface area contributed by atoms with E-state index in [9.17, 15) is 9.65 Å². The number of aromatic nitrogens is 1. The number of nitriles is 1. The number of ether oxygens (including phenoxy) is 2. The summed E-state index contributed by atoms with van der Waals surface area (Å²) in [6.45, 7) is 5.09. The molecule has 0 saturated heterocycles. The number of halogens is 2. The number of pyridine rings is 1. The SMILES string of the molecule is C=C(N)c1ccc(CNCc2cc(Cl)c(O[C@H]3CCc4c(-c5ccccc5F)cccc43)cc2OCc2cncc(C#N)c2)cc1. The zero-order valence-electron chi connectivity index (χ0n) is 25.1. The average Bonchev–Trinajstić information content (AvgIpc) is 3.48. The molecular formula is C38H32ClFN4O2. The van der Waals surface area contributed by atoms with Gasteiger partial charge in [0.05, 0.1) is 10.6 Å². The second-order valence-electron chi connectivity index (χ2n) is 11.2.